The van der Waals surface area contributed by atoms with Gasteiger partial charge in [-0.05, 0) is 25.3 Å². The second-order valence-electron chi connectivity index (χ2n) is 5.19. The van der Waals surface area contributed by atoms with Crippen molar-refractivity contribution < 1.29 is 9.53 Å². The van der Waals surface area contributed by atoms with Gasteiger partial charge in [0.05, 0.1) is 11.6 Å². The first-order chi connectivity index (χ1) is 9.75. The minimum absolute atomic E-state index is 0.129. The average Bonchev–Trinajstić information content (AvgIpc) is 2.84. The minimum Gasteiger partial charge on any atom is -0.376 e. The Kier molecular flexibility index (Phi) is 3.69. The molecule has 0 unspecified atom stereocenters. The van der Waals surface area contributed by atoms with Crippen molar-refractivity contribution in [3.8, 4) is 0 Å². The first-order valence-corrected chi connectivity index (χ1v) is 7.07. The number of hydrogen-bond acceptors (Lipinski definition) is 3. The van der Waals surface area contributed by atoms with E-state index in [1.165, 1.54) is 6.42 Å². The van der Waals surface area contributed by atoms with E-state index in [0.717, 1.165) is 30.4 Å². The first-order valence-electron chi connectivity index (χ1n) is 7.07. The summed E-state index contributed by atoms with van der Waals surface area (Å²) < 4.78 is 7.35. The SMILES string of the molecule is Cn1nc(C(=O)NC[C@H]2CCCCO2)c2ccccc21. The van der Waals surface area contributed by atoms with E-state index in [2.05, 4.69) is 10.4 Å². The van der Waals surface area contributed by atoms with Crippen molar-refractivity contribution in [3.63, 3.8) is 0 Å². The van der Waals surface area contributed by atoms with Crippen LogP contribution in [0.3, 0.4) is 0 Å². The van der Waals surface area contributed by atoms with Crippen LogP contribution >= 0.6 is 0 Å². The second-order valence-corrected chi connectivity index (χ2v) is 5.19. The molecule has 1 aromatic heterocycles. The van der Waals surface area contributed by atoms with E-state index in [0.29, 0.717) is 12.2 Å². The molecule has 0 saturated carbocycles. The molecule has 20 heavy (non-hydrogen) atoms. The Bertz CT molecular complexity index is 615. The molecule has 1 fully saturated rings. The molecule has 1 aliphatic rings. The number of para-hydroxylation sites is 1. The molecule has 1 atom stereocenters. The summed E-state index contributed by atoms with van der Waals surface area (Å²) in [5.74, 6) is -0.129. The third kappa shape index (κ3) is 2.54. The van der Waals surface area contributed by atoms with Gasteiger partial charge in [0, 0.05) is 25.6 Å². The van der Waals surface area contributed by atoms with Gasteiger partial charge < -0.3 is 10.1 Å². The van der Waals surface area contributed by atoms with Gasteiger partial charge in [-0.2, -0.15) is 5.10 Å². The summed E-state index contributed by atoms with van der Waals surface area (Å²) in [4.78, 5) is 12.3. The number of amides is 1. The molecule has 106 valence electrons. The molecule has 3 rings (SSSR count). The second kappa shape index (κ2) is 5.63. The van der Waals surface area contributed by atoms with Crippen LogP contribution in [0.5, 0.6) is 0 Å². The normalized spacial score (nSPS) is 19.1. The van der Waals surface area contributed by atoms with Crippen LogP contribution in [0, 0.1) is 0 Å². The van der Waals surface area contributed by atoms with Crippen molar-refractivity contribution in [2.24, 2.45) is 7.05 Å². The summed E-state index contributed by atoms with van der Waals surface area (Å²) in [6.07, 6.45) is 3.45. The van der Waals surface area contributed by atoms with Gasteiger partial charge in [0.15, 0.2) is 5.69 Å². The Morgan fingerprint density at radius 3 is 3.10 bits per heavy atom. The maximum atomic E-state index is 12.3. The van der Waals surface area contributed by atoms with Crippen LogP contribution in [0.4, 0.5) is 0 Å². The molecule has 1 aromatic carbocycles. The fourth-order valence-corrected chi connectivity index (χ4v) is 2.64. The zero-order chi connectivity index (χ0) is 13.9. The third-order valence-electron chi connectivity index (χ3n) is 3.74. The van der Waals surface area contributed by atoms with Gasteiger partial charge >= 0.3 is 0 Å². The molecule has 0 bridgehead atoms. The zero-order valence-electron chi connectivity index (χ0n) is 11.6. The molecule has 5 nitrogen and oxygen atoms in total. The van der Waals surface area contributed by atoms with Gasteiger partial charge in [0.25, 0.3) is 5.91 Å². The monoisotopic (exact) mass is 273 g/mol. The number of ether oxygens (including phenoxy) is 1. The molecule has 1 amide bonds. The summed E-state index contributed by atoms with van der Waals surface area (Å²) in [6, 6.07) is 7.75. The van der Waals surface area contributed by atoms with Crippen molar-refractivity contribution in [1.82, 2.24) is 15.1 Å². The summed E-state index contributed by atoms with van der Waals surface area (Å²) >= 11 is 0. The largest absolute Gasteiger partial charge is 0.376 e. The molecular formula is C15H19N3O2. The summed E-state index contributed by atoms with van der Waals surface area (Å²) in [5, 5.41) is 8.14. The van der Waals surface area contributed by atoms with E-state index >= 15 is 0 Å². The lowest BCUT2D eigenvalue weighted by atomic mass is 10.1. The van der Waals surface area contributed by atoms with Gasteiger partial charge in [-0.15, -0.1) is 0 Å². The van der Waals surface area contributed by atoms with Crippen molar-refractivity contribution in [3.05, 3.63) is 30.0 Å². The number of nitrogens with zero attached hydrogens (tertiary/aromatic N) is 2. The molecule has 1 aliphatic heterocycles. The highest BCUT2D eigenvalue weighted by Gasteiger charge is 2.18. The van der Waals surface area contributed by atoms with Gasteiger partial charge in [-0.1, -0.05) is 18.2 Å². The van der Waals surface area contributed by atoms with E-state index < -0.39 is 0 Å². The van der Waals surface area contributed by atoms with Gasteiger partial charge in [-0.25, -0.2) is 0 Å². The lowest BCUT2D eigenvalue weighted by molar-refractivity contribution is 0.0168. The van der Waals surface area contributed by atoms with Crippen LogP contribution < -0.4 is 5.32 Å². The first kappa shape index (κ1) is 13.1. The van der Waals surface area contributed by atoms with Crippen LogP contribution in [0.15, 0.2) is 24.3 Å². The lowest BCUT2D eigenvalue weighted by Gasteiger charge is -2.22. The van der Waals surface area contributed by atoms with Crippen molar-refractivity contribution in [2.45, 2.75) is 25.4 Å². The van der Waals surface area contributed by atoms with Crippen LogP contribution in [0.1, 0.15) is 29.8 Å². The maximum Gasteiger partial charge on any atom is 0.272 e. The minimum atomic E-state index is -0.129. The van der Waals surface area contributed by atoms with Crippen LogP contribution in [0.2, 0.25) is 0 Å². The number of hydrogen-bond donors (Lipinski definition) is 1. The number of carbonyl (C=O) groups is 1. The molecular weight excluding hydrogens is 254 g/mol. The Labute approximate surface area is 117 Å². The fourth-order valence-electron chi connectivity index (χ4n) is 2.64. The number of benzene rings is 1. The van der Waals surface area contributed by atoms with Crippen LogP contribution in [-0.2, 0) is 11.8 Å². The highest BCUT2D eigenvalue weighted by atomic mass is 16.5. The van der Waals surface area contributed by atoms with Gasteiger partial charge in [-0.3, -0.25) is 9.48 Å². The molecule has 2 heterocycles. The predicted octanol–water partition coefficient (Wildman–Crippen LogP) is 1.87. The van der Waals surface area contributed by atoms with Crippen molar-refractivity contribution in [1.29, 1.82) is 0 Å². The molecule has 1 N–H and O–H groups in total. The Morgan fingerprint density at radius 1 is 1.45 bits per heavy atom. The third-order valence-corrected chi connectivity index (χ3v) is 3.74. The summed E-state index contributed by atoms with van der Waals surface area (Å²) in [6.45, 7) is 1.36. The molecule has 0 aliphatic carbocycles. The number of fused-ring (bicyclic) bond motifs is 1. The fraction of sp³-hybridized carbons (Fsp3) is 0.467. The van der Waals surface area contributed by atoms with Gasteiger partial charge in [0.1, 0.15) is 0 Å². The molecule has 2 aromatic rings. The summed E-state index contributed by atoms with van der Waals surface area (Å²) in [5.41, 5.74) is 1.45. The standard InChI is InChI=1S/C15H19N3O2/c1-18-13-8-3-2-7-12(13)14(17-18)15(19)16-10-11-6-4-5-9-20-11/h2-3,7-8,11H,4-6,9-10H2,1H3,(H,16,19)/t11-/m1/s1. The van der Waals surface area contributed by atoms with E-state index in [1.807, 2.05) is 31.3 Å². The number of aromatic nitrogens is 2. The van der Waals surface area contributed by atoms with Crippen molar-refractivity contribution >= 4 is 16.8 Å². The predicted molar refractivity (Wildman–Crippen MR) is 76.6 cm³/mol. The zero-order valence-corrected chi connectivity index (χ0v) is 11.6. The molecule has 1 saturated heterocycles. The Morgan fingerprint density at radius 2 is 2.30 bits per heavy atom. The number of aryl methyl sites for hydroxylation is 1. The smallest absolute Gasteiger partial charge is 0.272 e. The maximum absolute atomic E-state index is 12.3. The molecule has 0 radical (unpaired) electrons. The van der Waals surface area contributed by atoms with Crippen molar-refractivity contribution in [2.75, 3.05) is 13.2 Å². The van der Waals surface area contributed by atoms with Crippen LogP contribution in [0.25, 0.3) is 10.9 Å². The molecule has 5 heteroatoms. The highest BCUT2D eigenvalue weighted by molar-refractivity contribution is 6.04. The van der Waals surface area contributed by atoms with Crippen LogP contribution in [-0.4, -0.2) is 34.9 Å². The highest BCUT2D eigenvalue weighted by Crippen LogP contribution is 2.17. The Balaban J connectivity index is 1.72. The van der Waals surface area contributed by atoms with E-state index in [4.69, 9.17) is 4.74 Å². The summed E-state index contributed by atoms with van der Waals surface area (Å²) in [7, 11) is 1.85. The topological polar surface area (TPSA) is 56.2 Å². The van der Waals surface area contributed by atoms with E-state index in [1.54, 1.807) is 4.68 Å². The van der Waals surface area contributed by atoms with Gasteiger partial charge in [0.2, 0.25) is 0 Å². The molecule has 0 spiro atoms. The quantitative estimate of drug-likeness (QED) is 0.929. The Hall–Kier alpha value is -1.88. The van der Waals surface area contributed by atoms with E-state index in [9.17, 15) is 4.79 Å². The number of nitrogens with one attached hydrogen (secondary N) is 1. The lowest BCUT2D eigenvalue weighted by Crippen LogP contribution is -2.35. The average molecular weight is 273 g/mol. The number of rotatable bonds is 3. The van der Waals surface area contributed by atoms with E-state index in [-0.39, 0.29) is 12.0 Å². The number of carbonyl (C=O) groups excluding carboxylic acids is 1.